The summed E-state index contributed by atoms with van der Waals surface area (Å²) < 4.78 is 19.6. The van der Waals surface area contributed by atoms with Crippen molar-refractivity contribution in [1.82, 2.24) is 10.2 Å². The van der Waals surface area contributed by atoms with Crippen LogP contribution in [0.1, 0.15) is 23.7 Å². The number of rotatable bonds is 3. The first-order valence-corrected chi connectivity index (χ1v) is 9.11. The van der Waals surface area contributed by atoms with E-state index in [1.165, 1.54) is 6.07 Å². The van der Waals surface area contributed by atoms with E-state index in [-0.39, 0.29) is 23.9 Å². The molecule has 1 amide bonds. The van der Waals surface area contributed by atoms with Gasteiger partial charge >= 0.3 is 0 Å². The van der Waals surface area contributed by atoms with Crippen LogP contribution in [0.4, 0.5) is 4.39 Å². The predicted molar refractivity (Wildman–Crippen MR) is 98.5 cm³/mol. The second kappa shape index (κ2) is 7.17. The molecule has 2 heterocycles. The number of fused-ring (bicyclic) bond motifs is 1. The number of halogens is 1. The van der Waals surface area contributed by atoms with Gasteiger partial charge in [-0.2, -0.15) is 0 Å². The van der Waals surface area contributed by atoms with Gasteiger partial charge in [-0.3, -0.25) is 9.69 Å². The molecular formula is C21H23FN2O2. The largest absolute Gasteiger partial charge is 0.376 e. The number of carbonyl (C=O) groups excluding carboxylic acids is 1. The fraction of sp³-hybridized carbons (Fsp3) is 0.381. The number of amides is 1. The molecule has 0 aromatic heterocycles. The lowest BCUT2D eigenvalue weighted by Gasteiger charge is -2.33. The van der Waals surface area contributed by atoms with Gasteiger partial charge in [0.25, 0.3) is 5.91 Å². The van der Waals surface area contributed by atoms with Crippen molar-refractivity contribution in [2.24, 2.45) is 0 Å². The molecule has 26 heavy (non-hydrogen) atoms. The summed E-state index contributed by atoms with van der Waals surface area (Å²) in [6, 6.07) is 14.3. The number of nitrogens with zero attached hydrogens (tertiary/aromatic N) is 1. The van der Waals surface area contributed by atoms with Crippen LogP contribution in [0.25, 0.3) is 11.1 Å². The number of ether oxygens (including phenoxy) is 1. The molecule has 2 aliphatic rings. The third-order valence-corrected chi connectivity index (χ3v) is 5.26. The Bertz CT molecular complexity index is 793. The molecule has 2 aromatic carbocycles. The van der Waals surface area contributed by atoms with Crippen molar-refractivity contribution < 1.29 is 13.9 Å². The summed E-state index contributed by atoms with van der Waals surface area (Å²) in [5, 5.41) is 3.13. The minimum atomic E-state index is -0.260. The molecule has 4 rings (SSSR count). The minimum absolute atomic E-state index is 0.0797. The van der Waals surface area contributed by atoms with E-state index >= 15 is 0 Å². The molecule has 0 spiro atoms. The fourth-order valence-corrected chi connectivity index (χ4v) is 3.91. The van der Waals surface area contributed by atoms with Gasteiger partial charge in [-0.1, -0.05) is 30.3 Å². The summed E-state index contributed by atoms with van der Waals surface area (Å²) in [5.41, 5.74) is 1.91. The SMILES string of the molecule is C[C@@H]1CN2C[C@@H](NC(=O)c3ccc(-c4ccccc4F)cc3)C[C@H]2CO1. The Morgan fingerprint density at radius 1 is 1.15 bits per heavy atom. The Kier molecular flexibility index (Phi) is 4.74. The molecule has 2 aromatic rings. The third kappa shape index (κ3) is 3.50. The van der Waals surface area contributed by atoms with Crippen molar-refractivity contribution >= 4 is 5.91 Å². The summed E-state index contributed by atoms with van der Waals surface area (Å²) in [6.07, 6.45) is 1.18. The zero-order valence-electron chi connectivity index (χ0n) is 14.8. The van der Waals surface area contributed by atoms with Crippen LogP contribution in [0.3, 0.4) is 0 Å². The maximum absolute atomic E-state index is 13.9. The normalized spacial score (nSPS) is 25.7. The van der Waals surface area contributed by atoms with Gasteiger partial charge in [-0.05, 0) is 37.1 Å². The Morgan fingerprint density at radius 3 is 2.69 bits per heavy atom. The van der Waals surface area contributed by atoms with Crippen LogP contribution in [0, 0.1) is 5.82 Å². The van der Waals surface area contributed by atoms with Crippen LogP contribution >= 0.6 is 0 Å². The van der Waals surface area contributed by atoms with E-state index in [1.54, 1.807) is 42.5 Å². The fourth-order valence-electron chi connectivity index (χ4n) is 3.91. The number of hydrogen-bond donors (Lipinski definition) is 1. The molecule has 3 atom stereocenters. The average molecular weight is 354 g/mol. The van der Waals surface area contributed by atoms with E-state index in [2.05, 4.69) is 17.1 Å². The van der Waals surface area contributed by atoms with Crippen LogP contribution in [0.2, 0.25) is 0 Å². The monoisotopic (exact) mass is 354 g/mol. The maximum Gasteiger partial charge on any atom is 0.251 e. The zero-order chi connectivity index (χ0) is 18.1. The van der Waals surface area contributed by atoms with E-state index in [1.807, 2.05) is 0 Å². The molecular weight excluding hydrogens is 331 g/mol. The molecule has 0 saturated carbocycles. The van der Waals surface area contributed by atoms with Crippen molar-refractivity contribution in [3.63, 3.8) is 0 Å². The third-order valence-electron chi connectivity index (χ3n) is 5.26. The molecule has 4 nitrogen and oxygen atoms in total. The Hall–Kier alpha value is -2.24. The first-order chi connectivity index (χ1) is 12.6. The number of hydrogen-bond acceptors (Lipinski definition) is 3. The zero-order valence-corrected chi connectivity index (χ0v) is 14.8. The number of morpholine rings is 1. The van der Waals surface area contributed by atoms with Gasteiger partial charge in [0, 0.05) is 36.3 Å². The lowest BCUT2D eigenvalue weighted by molar-refractivity contribution is -0.0390. The standard InChI is InChI=1S/C21H23FN2O2/c1-14-11-24-12-17(10-18(24)13-26-14)23-21(25)16-8-6-15(7-9-16)19-4-2-3-5-20(19)22/h2-9,14,17-18H,10-13H2,1H3,(H,23,25)/t14-,17+,18+/m1/s1. The van der Waals surface area contributed by atoms with Gasteiger partial charge in [-0.15, -0.1) is 0 Å². The number of nitrogens with one attached hydrogen (secondary N) is 1. The predicted octanol–water partition coefficient (Wildman–Crippen LogP) is 3.08. The second-order valence-electron chi connectivity index (χ2n) is 7.21. The molecule has 5 heteroatoms. The molecule has 136 valence electrons. The van der Waals surface area contributed by atoms with E-state index in [0.717, 1.165) is 31.7 Å². The minimum Gasteiger partial charge on any atom is -0.376 e. The van der Waals surface area contributed by atoms with E-state index in [4.69, 9.17) is 4.74 Å². The van der Waals surface area contributed by atoms with E-state index in [0.29, 0.717) is 17.2 Å². The van der Waals surface area contributed by atoms with Gasteiger partial charge < -0.3 is 10.1 Å². The molecule has 0 radical (unpaired) electrons. The van der Waals surface area contributed by atoms with Crippen molar-refractivity contribution in [2.45, 2.75) is 31.5 Å². The van der Waals surface area contributed by atoms with E-state index < -0.39 is 0 Å². The van der Waals surface area contributed by atoms with Gasteiger partial charge in [0.05, 0.1) is 12.7 Å². The van der Waals surface area contributed by atoms with Crippen LogP contribution < -0.4 is 5.32 Å². The first-order valence-electron chi connectivity index (χ1n) is 9.11. The van der Waals surface area contributed by atoms with Gasteiger partial charge in [0.1, 0.15) is 5.82 Å². The van der Waals surface area contributed by atoms with Crippen molar-refractivity contribution in [3.05, 3.63) is 59.9 Å². The second-order valence-corrected chi connectivity index (χ2v) is 7.21. The highest BCUT2D eigenvalue weighted by atomic mass is 19.1. The Labute approximate surface area is 153 Å². The van der Waals surface area contributed by atoms with Gasteiger partial charge in [0.2, 0.25) is 0 Å². The quantitative estimate of drug-likeness (QED) is 0.921. The van der Waals surface area contributed by atoms with Crippen molar-refractivity contribution in [1.29, 1.82) is 0 Å². The van der Waals surface area contributed by atoms with Crippen LogP contribution in [-0.2, 0) is 4.74 Å². The molecule has 0 bridgehead atoms. The van der Waals surface area contributed by atoms with Gasteiger partial charge in [0.15, 0.2) is 0 Å². The number of carbonyl (C=O) groups is 1. The van der Waals surface area contributed by atoms with Crippen LogP contribution in [0.15, 0.2) is 48.5 Å². The van der Waals surface area contributed by atoms with Crippen LogP contribution in [-0.4, -0.2) is 48.7 Å². The van der Waals surface area contributed by atoms with E-state index in [9.17, 15) is 9.18 Å². The van der Waals surface area contributed by atoms with Gasteiger partial charge in [-0.25, -0.2) is 4.39 Å². The molecule has 1 N–H and O–H groups in total. The molecule has 2 aliphatic heterocycles. The summed E-state index contributed by atoms with van der Waals surface area (Å²) in [6.45, 7) is 4.62. The summed E-state index contributed by atoms with van der Waals surface area (Å²) >= 11 is 0. The first kappa shape index (κ1) is 17.2. The highest BCUT2D eigenvalue weighted by molar-refractivity contribution is 5.94. The summed E-state index contributed by atoms with van der Waals surface area (Å²) in [5.74, 6) is -0.340. The highest BCUT2D eigenvalue weighted by Crippen LogP contribution is 2.25. The Balaban J connectivity index is 1.40. The lowest BCUT2D eigenvalue weighted by atomic mass is 10.0. The van der Waals surface area contributed by atoms with Crippen LogP contribution in [0.5, 0.6) is 0 Å². The summed E-state index contributed by atoms with van der Waals surface area (Å²) in [4.78, 5) is 15.0. The molecule has 2 fully saturated rings. The molecule has 0 aliphatic carbocycles. The number of benzene rings is 2. The topological polar surface area (TPSA) is 41.6 Å². The maximum atomic E-state index is 13.9. The van der Waals surface area contributed by atoms with Crippen molar-refractivity contribution in [2.75, 3.05) is 19.7 Å². The highest BCUT2D eigenvalue weighted by Gasteiger charge is 2.36. The van der Waals surface area contributed by atoms with Crippen molar-refractivity contribution in [3.8, 4) is 11.1 Å². The lowest BCUT2D eigenvalue weighted by Crippen LogP contribution is -2.45. The average Bonchev–Trinajstić information content (AvgIpc) is 3.03. The summed E-state index contributed by atoms with van der Waals surface area (Å²) in [7, 11) is 0. The molecule has 2 saturated heterocycles. The smallest absolute Gasteiger partial charge is 0.251 e. The molecule has 0 unspecified atom stereocenters. The Morgan fingerprint density at radius 2 is 1.92 bits per heavy atom.